The van der Waals surface area contributed by atoms with Crippen LogP contribution in [0.3, 0.4) is 0 Å². The Balaban J connectivity index is 1.78. The molecular formula is C17H19N3OS2. The molecule has 23 heavy (non-hydrogen) atoms. The van der Waals surface area contributed by atoms with Gasteiger partial charge in [-0.25, -0.2) is 9.97 Å². The summed E-state index contributed by atoms with van der Waals surface area (Å²) in [5.74, 6) is 0.914. The molecule has 0 amide bonds. The van der Waals surface area contributed by atoms with E-state index in [1.807, 2.05) is 43.4 Å². The summed E-state index contributed by atoms with van der Waals surface area (Å²) in [6.45, 7) is 2.85. The lowest BCUT2D eigenvalue weighted by Gasteiger charge is -2.04. The van der Waals surface area contributed by atoms with E-state index in [2.05, 4.69) is 29.0 Å². The van der Waals surface area contributed by atoms with Crippen molar-refractivity contribution < 1.29 is 4.74 Å². The fourth-order valence-electron chi connectivity index (χ4n) is 2.02. The molecule has 6 heteroatoms. The van der Waals surface area contributed by atoms with Crippen LogP contribution in [-0.4, -0.2) is 30.7 Å². The number of rotatable bonds is 6. The SMILES string of the molecule is CCCOc1ccc2nc(/C=C/c3cnc(N(C)C)s3)sc2c1. The van der Waals surface area contributed by atoms with Gasteiger partial charge in [0.15, 0.2) is 5.13 Å². The summed E-state index contributed by atoms with van der Waals surface area (Å²) >= 11 is 3.34. The van der Waals surface area contributed by atoms with Gasteiger partial charge < -0.3 is 9.64 Å². The van der Waals surface area contributed by atoms with Crippen LogP contribution < -0.4 is 9.64 Å². The maximum absolute atomic E-state index is 5.68. The van der Waals surface area contributed by atoms with Crippen molar-refractivity contribution in [3.8, 4) is 5.75 Å². The number of anilines is 1. The Bertz CT molecular complexity index is 820. The Hall–Kier alpha value is -1.92. The molecule has 0 saturated carbocycles. The quantitative estimate of drug-likeness (QED) is 0.644. The van der Waals surface area contributed by atoms with Gasteiger partial charge in [-0.15, -0.1) is 11.3 Å². The number of benzene rings is 1. The first-order valence-corrected chi connectivity index (χ1v) is 9.13. The van der Waals surface area contributed by atoms with Crippen LogP contribution >= 0.6 is 22.7 Å². The average molecular weight is 345 g/mol. The van der Waals surface area contributed by atoms with Crippen molar-refractivity contribution >= 4 is 50.2 Å². The van der Waals surface area contributed by atoms with Crippen molar-refractivity contribution in [1.29, 1.82) is 0 Å². The van der Waals surface area contributed by atoms with Gasteiger partial charge >= 0.3 is 0 Å². The Morgan fingerprint density at radius 1 is 1.22 bits per heavy atom. The van der Waals surface area contributed by atoms with E-state index in [1.54, 1.807) is 22.7 Å². The Kier molecular flexibility index (Phi) is 4.93. The molecular weight excluding hydrogens is 326 g/mol. The van der Waals surface area contributed by atoms with E-state index in [1.165, 1.54) is 0 Å². The van der Waals surface area contributed by atoms with E-state index >= 15 is 0 Å². The minimum absolute atomic E-state index is 0.747. The van der Waals surface area contributed by atoms with Gasteiger partial charge in [0, 0.05) is 25.2 Å². The highest BCUT2D eigenvalue weighted by Crippen LogP contribution is 2.28. The minimum atomic E-state index is 0.747. The van der Waals surface area contributed by atoms with Crippen LogP contribution in [0.25, 0.3) is 22.4 Å². The number of ether oxygens (including phenoxy) is 1. The molecule has 0 unspecified atom stereocenters. The molecule has 0 aliphatic rings. The van der Waals surface area contributed by atoms with Gasteiger partial charge in [0.2, 0.25) is 0 Å². The molecule has 1 aromatic carbocycles. The Morgan fingerprint density at radius 3 is 2.83 bits per heavy atom. The molecule has 3 rings (SSSR count). The number of aromatic nitrogens is 2. The second-order valence-corrected chi connectivity index (χ2v) is 7.41. The van der Waals surface area contributed by atoms with Crippen LogP contribution in [0.4, 0.5) is 5.13 Å². The predicted octanol–water partition coefficient (Wildman–Crippen LogP) is 4.78. The maximum Gasteiger partial charge on any atom is 0.185 e. The van der Waals surface area contributed by atoms with Crippen LogP contribution in [-0.2, 0) is 0 Å². The fraction of sp³-hybridized carbons (Fsp3) is 0.294. The smallest absolute Gasteiger partial charge is 0.185 e. The van der Waals surface area contributed by atoms with E-state index in [0.29, 0.717) is 0 Å². The van der Waals surface area contributed by atoms with Crippen molar-refractivity contribution in [3.05, 3.63) is 34.3 Å². The highest BCUT2D eigenvalue weighted by molar-refractivity contribution is 7.19. The van der Waals surface area contributed by atoms with Gasteiger partial charge in [-0.3, -0.25) is 0 Å². The summed E-state index contributed by atoms with van der Waals surface area (Å²) < 4.78 is 6.83. The second-order valence-electron chi connectivity index (χ2n) is 5.30. The molecule has 0 saturated heterocycles. The summed E-state index contributed by atoms with van der Waals surface area (Å²) in [6.07, 6.45) is 7.01. The van der Waals surface area contributed by atoms with Crippen LogP contribution in [0.5, 0.6) is 5.75 Å². The predicted molar refractivity (Wildman–Crippen MR) is 101 cm³/mol. The van der Waals surface area contributed by atoms with Gasteiger partial charge in [-0.1, -0.05) is 18.3 Å². The number of hydrogen-bond acceptors (Lipinski definition) is 6. The molecule has 4 nitrogen and oxygen atoms in total. The molecule has 2 aromatic heterocycles. The summed E-state index contributed by atoms with van der Waals surface area (Å²) in [7, 11) is 4.00. The van der Waals surface area contributed by atoms with E-state index in [-0.39, 0.29) is 0 Å². The molecule has 0 fully saturated rings. The summed E-state index contributed by atoms with van der Waals surface area (Å²) in [5, 5.41) is 2.00. The monoisotopic (exact) mass is 345 g/mol. The molecule has 0 aliphatic heterocycles. The first kappa shape index (κ1) is 16.0. The van der Waals surface area contributed by atoms with Crippen molar-refractivity contribution in [2.75, 3.05) is 25.6 Å². The van der Waals surface area contributed by atoms with Gasteiger partial charge in [-0.2, -0.15) is 0 Å². The molecule has 0 atom stereocenters. The molecule has 0 radical (unpaired) electrons. The normalized spacial score (nSPS) is 11.4. The van der Waals surface area contributed by atoms with Crippen molar-refractivity contribution in [2.45, 2.75) is 13.3 Å². The van der Waals surface area contributed by atoms with Crippen LogP contribution in [0.2, 0.25) is 0 Å². The van der Waals surface area contributed by atoms with Gasteiger partial charge in [0.1, 0.15) is 10.8 Å². The highest BCUT2D eigenvalue weighted by Gasteiger charge is 2.04. The standard InChI is InChI=1S/C17H19N3OS2/c1-4-9-21-12-5-7-14-15(10-12)23-16(19-14)8-6-13-11-18-17(22-13)20(2)3/h5-8,10-11H,4,9H2,1-3H3/b8-6+. The van der Waals surface area contributed by atoms with Crippen molar-refractivity contribution in [1.82, 2.24) is 9.97 Å². The fourth-order valence-corrected chi connectivity index (χ4v) is 3.66. The van der Waals surface area contributed by atoms with Gasteiger partial charge in [0.25, 0.3) is 0 Å². The number of fused-ring (bicyclic) bond motifs is 1. The summed E-state index contributed by atoms with van der Waals surface area (Å²) in [5.41, 5.74) is 1.01. The molecule has 0 bridgehead atoms. The van der Waals surface area contributed by atoms with Crippen molar-refractivity contribution in [2.24, 2.45) is 0 Å². The third kappa shape index (κ3) is 3.89. The Morgan fingerprint density at radius 2 is 2.09 bits per heavy atom. The third-order valence-corrected chi connectivity index (χ3v) is 5.25. The molecule has 3 aromatic rings. The number of nitrogens with zero attached hydrogens (tertiary/aromatic N) is 3. The van der Waals surface area contributed by atoms with E-state index < -0.39 is 0 Å². The first-order valence-electron chi connectivity index (χ1n) is 7.50. The number of thiazole rings is 2. The molecule has 0 N–H and O–H groups in total. The zero-order chi connectivity index (χ0) is 16.2. The zero-order valence-corrected chi connectivity index (χ0v) is 15.1. The molecule has 2 heterocycles. The van der Waals surface area contributed by atoms with E-state index in [4.69, 9.17) is 4.74 Å². The Labute approximate surface area is 144 Å². The van der Waals surface area contributed by atoms with Gasteiger partial charge in [-0.05, 0) is 36.8 Å². The summed E-state index contributed by atoms with van der Waals surface area (Å²) in [4.78, 5) is 12.1. The lowest BCUT2D eigenvalue weighted by molar-refractivity contribution is 0.318. The second kappa shape index (κ2) is 7.10. The average Bonchev–Trinajstić information content (AvgIpc) is 3.16. The van der Waals surface area contributed by atoms with Crippen LogP contribution in [0.15, 0.2) is 24.4 Å². The summed E-state index contributed by atoms with van der Waals surface area (Å²) in [6, 6.07) is 6.07. The lowest BCUT2D eigenvalue weighted by Crippen LogP contribution is -2.07. The topological polar surface area (TPSA) is 38.3 Å². The van der Waals surface area contributed by atoms with E-state index in [9.17, 15) is 0 Å². The van der Waals surface area contributed by atoms with Crippen LogP contribution in [0, 0.1) is 0 Å². The number of hydrogen-bond donors (Lipinski definition) is 0. The highest BCUT2D eigenvalue weighted by atomic mass is 32.1. The molecule has 0 spiro atoms. The largest absolute Gasteiger partial charge is 0.494 e. The lowest BCUT2D eigenvalue weighted by atomic mass is 10.3. The first-order chi connectivity index (χ1) is 11.2. The van der Waals surface area contributed by atoms with Crippen LogP contribution in [0.1, 0.15) is 23.2 Å². The van der Waals surface area contributed by atoms with Crippen molar-refractivity contribution in [3.63, 3.8) is 0 Å². The zero-order valence-electron chi connectivity index (χ0n) is 13.4. The molecule has 120 valence electrons. The molecule has 0 aliphatic carbocycles. The van der Waals surface area contributed by atoms with Gasteiger partial charge in [0.05, 0.1) is 16.8 Å². The van der Waals surface area contributed by atoms with E-state index in [0.717, 1.165) is 44.0 Å². The minimum Gasteiger partial charge on any atom is -0.494 e. The maximum atomic E-state index is 5.68. The third-order valence-electron chi connectivity index (χ3n) is 3.13.